The van der Waals surface area contributed by atoms with Crippen LogP contribution in [0, 0.1) is 17.8 Å². The summed E-state index contributed by atoms with van der Waals surface area (Å²) in [5.41, 5.74) is 0. The molecule has 18 heavy (non-hydrogen) atoms. The maximum Gasteiger partial charge on any atom is 0.309 e. The topological polar surface area (TPSA) is 72.5 Å². The van der Waals surface area contributed by atoms with E-state index in [0.717, 1.165) is 25.5 Å². The van der Waals surface area contributed by atoms with Crippen molar-refractivity contribution in [3.63, 3.8) is 0 Å². The summed E-state index contributed by atoms with van der Waals surface area (Å²) in [6.45, 7) is 1.86. The lowest BCUT2D eigenvalue weighted by Gasteiger charge is -2.22. The predicted molar refractivity (Wildman–Crippen MR) is 67.3 cm³/mol. The molecule has 0 spiro atoms. The minimum absolute atomic E-state index is 0.0458. The highest BCUT2D eigenvalue weighted by atomic mass is 32.2. The van der Waals surface area contributed by atoms with Gasteiger partial charge in [0.25, 0.3) is 0 Å². The summed E-state index contributed by atoms with van der Waals surface area (Å²) < 4.78 is 29.5. The Morgan fingerprint density at radius 2 is 2.11 bits per heavy atom. The first-order chi connectivity index (χ1) is 8.35. The number of hydrogen-bond acceptors (Lipinski definition) is 4. The van der Waals surface area contributed by atoms with E-state index in [0.29, 0.717) is 11.8 Å². The Kier molecular flexibility index (Phi) is 3.96. The van der Waals surface area contributed by atoms with Gasteiger partial charge >= 0.3 is 5.97 Å². The van der Waals surface area contributed by atoms with E-state index >= 15 is 0 Å². The molecule has 104 valence electrons. The predicted octanol–water partition coefficient (Wildman–Crippen LogP) is 0.903. The highest BCUT2D eigenvalue weighted by Gasteiger charge is 2.44. The van der Waals surface area contributed by atoms with Crippen LogP contribution in [0.3, 0.4) is 0 Å². The van der Waals surface area contributed by atoms with Gasteiger partial charge in [0.15, 0.2) is 0 Å². The fourth-order valence-electron chi connectivity index (χ4n) is 3.13. The van der Waals surface area contributed by atoms with Crippen LogP contribution in [0.25, 0.3) is 0 Å². The average molecular weight is 275 g/mol. The molecule has 4 atom stereocenters. The van der Waals surface area contributed by atoms with Gasteiger partial charge in [0.05, 0.1) is 12.2 Å². The molecule has 0 aromatic rings. The van der Waals surface area contributed by atoms with Crippen molar-refractivity contribution in [2.45, 2.75) is 38.7 Å². The van der Waals surface area contributed by atoms with Crippen molar-refractivity contribution < 1.29 is 17.9 Å². The lowest BCUT2D eigenvalue weighted by atomic mass is 9.89. The van der Waals surface area contributed by atoms with Gasteiger partial charge in [0.2, 0.25) is 10.0 Å². The molecule has 0 radical (unpaired) electrons. The highest BCUT2D eigenvalue weighted by Crippen LogP contribution is 2.48. The molecular formula is C12H21NO4S. The Morgan fingerprint density at radius 3 is 2.61 bits per heavy atom. The van der Waals surface area contributed by atoms with E-state index in [9.17, 15) is 13.2 Å². The van der Waals surface area contributed by atoms with Gasteiger partial charge in [-0.25, -0.2) is 13.1 Å². The molecule has 0 unspecified atom stereocenters. The van der Waals surface area contributed by atoms with Gasteiger partial charge in [-0.15, -0.1) is 0 Å². The Bertz CT molecular complexity index is 420. The molecule has 2 aliphatic rings. The molecule has 2 rings (SSSR count). The second-order valence-electron chi connectivity index (χ2n) is 5.65. The maximum atomic E-state index is 12.0. The standard InChI is InChI=1S/C12H21NO4S/c1-8(7-13-18(2,15)16)17-12(14)11-6-9-3-4-10(11)5-9/h8-11,13H,3-7H2,1-2H3/t8-,9-,10-,11+/m0/s1. The van der Waals surface area contributed by atoms with E-state index in [-0.39, 0.29) is 18.4 Å². The van der Waals surface area contributed by atoms with Gasteiger partial charge in [0.1, 0.15) is 6.10 Å². The molecule has 0 saturated heterocycles. The number of esters is 1. The molecule has 0 amide bonds. The quantitative estimate of drug-likeness (QED) is 0.757. The Morgan fingerprint density at radius 1 is 1.39 bits per heavy atom. The molecule has 0 aromatic carbocycles. The molecule has 0 aromatic heterocycles. The smallest absolute Gasteiger partial charge is 0.309 e. The maximum absolute atomic E-state index is 12.0. The second-order valence-corrected chi connectivity index (χ2v) is 7.48. The lowest BCUT2D eigenvalue weighted by molar-refractivity contribution is -0.154. The van der Waals surface area contributed by atoms with Crippen molar-refractivity contribution >= 4 is 16.0 Å². The molecule has 2 fully saturated rings. The zero-order valence-corrected chi connectivity index (χ0v) is 11.7. The van der Waals surface area contributed by atoms with Crippen LogP contribution in [-0.4, -0.2) is 33.3 Å². The number of carbonyl (C=O) groups is 1. The van der Waals surface area contributed by atoms with Gasteiger partial charge in [-0.3, -0.25) is 4.79 Å². The highest BCUT2D eigenvalue weighted by molar-refractivity contribution is 7.88. The van der Waals surface area contributed by atoms with Crippen molar-refractivity contribution in [2.75, 3.05) is 12.8 Å². The van der Waals surface area contributed by atoms with Crippen LogP contribution in [0.2, 0.25) is 0 Å². The summed E-state index contributed by atoms with van der Waals surface area (Å²) in [6, 6.07) is 0. The van der Waals surface area contributed by atoms with E-state index in [1.54, 1.807) is 6.92 Å². The van der Waals surface area contributed by atoms with Crippen LogP contribution >= 0.6 is 0 Å². The summed E-state index contributed by atoms with van der Waals surface area (Å²) >= 11 is 0. The fraction of sp³-hybridized carbons (Fsp3) is 0.917. The average Bonchev–Trinajstić information content (AvgIpc) is 2.87. The van der Waals surface area contributed by atoms with Gasteiger partial charge in [-0.2, -0.15) is 0 Å². The van der Waals surface area contributed by atoms with Gasteiger partial charge in [-0.05, 0) is 38.0 Å². The van der Waals surface area contributed by atoms with Gasteiger partial charge in [0, 0.05) is 6.54 Å². The third-order valence-electron chi connectivity index (χ3n) is 3.99. The van der Waals surface area contributed by atoms with E-state index in [1.807, 2.05) is 0 Å². The summed E-state index contributed by atoms with van der Waals surface area (Å²) in [7, 11) is -3.22. The summed E-state index contributed by atoms with van der Waals surface area (Å²) in [5.74, 6) is 1.10. The molecule has 2 saturated carbocycles. The van der Waals surface area contributed by atoms with Crippen LogP contribution in [-0.2, 0) is 19.6 Å². The van der Waals surface area contributed by atoms with Gasteiger partial charge in [-0.1, -0.05) is 6.42 Å². The Balaban J connectivity index is 1.77. The molecule has 1 N–H and O–H groups in total. The molecule has 6 heteroatoms. The molecule has 2 bridgehead atoms. The summed E-state index contributed by atoms with van der Waals surface area (Å²) in [6.07, 6.45) is 5.19. The lowest BCUT2D eigenvalue weighted by Crippen LogP contribution is -2.34. The van der Waals surface area contributed by atoms with Crippen molar-refractivity contribution in [3.8, 4) is 0 Å². The summed E-state index contributed by atoms with van der Waals surface area (Å²) in [5, 5.41) is 0. The first kappa shape index (κ1) is 13.8. The molecule has 5 nitrogen and oxygen atoms in total. The van der Waals surface area contributed by atoms with Crippen LogP contribution in [0.15, 0.2) is 0 Å². The first-order valence-electron chi connectivity index (χ1n) is 6.50. The number of fused-ring (bicyclic) bond motifs is 2. The monoisotopic (exact) mass is 275 g/mol. The first-order valence-corrected chi connectivity index (χ1v) is 8.39. The Labute approximate surface area is 108 Å². The third-order valence-corrected chi connectivity index (χ3v) is 4.68. The van der Waals surface area contributed by atoms with E-state index < -0.39 is 16.1 Å². The zero-order valence-electron chi connectivity index (χ0n) is 10.9. The third kappa shape index (κ3) is 3.45. The van der Waals surface area contributed by atoms with E-state index in [2.05, 4.69) is 4.72 Å². The van der Waals surface area contributed by atoms with Crippen LogP contribution in [0.1, 0.15) is 32.6 Å². The van der Waals surface area contributed by atoms with Crippen molar-refractivity contribution in [3.05, 3.63) is 0 Å². The van der Waals surface area contributed by atoms with Crippen LogP contribution < -0.4 is 4.72 Å². The normalized spacial score (nSPS) is 32.4. The second kappa shape index (κ2) is 5.17. The van der Waals surface area contributed by atoms with Crippen molar-refractivity contribution in [1.29, 1.82) is 0 Å². The molecule has 0 aliphatic heterocycles. The number of hydrogen-bond donors (Lipinski definition) is 1. The minimum atomic E-state index is -3.22. The molecular weight excluding hydrogens is 254 g/mol. The number of rotatable bonds is 5. The SMILES string of the molecule is C[C@@H](CNS(C)(=O)=O)OC(=O)[C@@H]1C[C@H]2CC[C@H]1C2. The zero-order chi connectivity index (χ0) is 13.3. The minimum Gasteiger partial charge on any atom is -0.461 e. The van der Waals surface area contributed by atoms with Crippen LogP contribution in [0.4, 0.5) is 0 Å². The number of ether oxygens (including phenoxy) is 1. The Hall–Kier alpha value is -0.620. The van der Waals surface area contributed by atoms with E-state index in [1.165, 1.54) is 6.42 Å². The molecule has 2 aliphatic carbocycles. The van der Waals surface area contributed by atoms with Crippen molar-refractivity contribution in [1.82, 2.24) is 4.72 Å². The number of carbonyl (C=O) groups excluding carboxylic acids is 1. The molecule has 0 heterocycles. The fourth-order valence-corrected chi connectivity index (χ4v) is 3.67. The van der Waals surface area contributed by atoms with Gasteiger partial charge < -0.3 is 4.74 Å². The van der Waals surface area contributed by atoms with E-state index in [4.69, 9.17) is 4.74 Å². The number of nitrogens with one attached hydrogen (secondary N) is 1. The number of sulfonamides is 1. The summed E-state index contributed by atoms with van der Waals surface area (Å²) in [4.78, 5) is 12.0. The largest absolute Gasteiger partial charge is 0.461 e. The van der Waals surface area contributed by atoms with Crippen molar-refractivity contribution in [2.24, 2.45) is 17.8 Å². The van der Waals surface area contributed by atoms with Crippen LogP contribution in [0.5, 0.6) is 0 Å².